The number of hydrogen-bond acceptors (Lipinski definition) is 3. The van der Waals surface area contributed by atoms with Gasteiger partial charge in [-0.15, -0.1) is 0 Å². The first kappa shape index (κ1) is 26.1. The lowest BCUT2D eigenvalue weighted by atomic mass is 9.31. The van der Waals surface area contributed by atoms with Gasteiger partial charge in [-0.1, -0.05) is 54.9 Å². The van der Waals surface area contributed by atoms with E-state index in [1.807, 2.05) is 0 Å². The number of fused-ring (bicyclic) bond motifs is 7. The number of rotatable bonds is 3. The molecule has 5 rings (SSSR count). The summed E-state index contributed by atoms with van der Waals surface area (Å²) in [6.07, 6.45) is 13.8. The van der Waals surface area contributed by atoms with Crippen LogP contribution in [0.25, 0.3) is 0 Å². The Morgan fingerprint density at radius 3 is 2.11 bits per heavy atom. The number of aliphatic hydroxyl groups is 1. The lowest BCUT2D eigenvalue weighted by Gasteiger charge is -2.74. The van der Waals surface area contributed by atoms with Gasteiger partial charge in [-0.05, 0) is 121 Å². The van der Waals surface area contributed by atoms with E-state index in [9.17, 15) is 9.90 Å². The molecule has 0 radical (unpaired) electrons. The Kier molecular flexibility index (Phi) is 5.93. The number of ether oxygens (including phenoxy) is 1. The average molecular weight is 487 g/mol. The third-order valence-corrected chi connectivity index (χ3v) is 14.2. The normalized spacial score (nSPS) is 53.5. The Morgan fingerprint density at radius 2 is 1.43 bits per heavy atom. The Bertz CT molecular complexity index is 865. The van der Waals surface area contributed by atoms with Crippen LogP contribution in [0.2, 0.25) is 0 Å². The maximum atomic E-state index is 12.5. The Labute approximate surface area is 215 Å². The summed E-state index contributed by atoms with van der Waals surface area (Å²) in [6.45, 7) is 19.7. The number of hydrogen-bond donors (Lipinski definition) is 1. The Morgan fingerprint density at radius 1 is 0.800 bits per heavy atom. The summed E-state index contributed by atoms with van der Waals surface area (Å²) in [5, 5.41) is 12.5. The predicted molar refractivity (Wildman–Crippen MR) is 142 cm³/mol. The second kappa shape index (κ2) is 7.97. The molecule has 35 heavy (non-hydrogen) atoms. The van der Waals surface area contributed by atoms with Crippen molar-refractivity contribution in [3.63, 3.8) is 0 Å². The van der Waals surface area contributed by atoms with Crippen LogP contribution in [0.1, 0.15) is 126 Å². The van der Waals surface area contributed by atoms with E-state index < -0.39 is 5.60 Å². The second-order valence-corrected chi connectivity index (χ2v) is 15.7. The third-order valence-electron chi connectivity index (χ3n) is 14.2. The summed E-state index contributed by atoms with van der Waals surface area (Å²) in [6, 6.07) is 0. The SMILES string of the molecule is CC(=O)OC[C@H](C)[C@H]1CC[C@]2(C)[C@@H]3CC[C@@H]4[C@@]5(C)CCCC(C)(C)C5CC[C@@]4(C)[C@]3(C)CC[C@]12O. The molecule has 0 aromatic heterocycles. The first-order valence-corrected chi connectivity index (χ1v) is 15.0. The number of carbonyl (C=O) groups is 1. The van der Waals surface area contributed by atoms with Crippen LogP contribution in [0.3, 0.4) is 0 Å². The van der Waals surface area contributed by atoms with Crippen molar-refractivity contribution < 1.29 is 14.6 Å². The van der Waals surface area contributed by atoms with Crippen LogP contribution in [0.4, 0.5) is 0 Å². The van der Waals surface area contributed by atoms with Crippen LogP contribution in [-0.2, 0) is 9.53 Å². The van der Waals surface area contributed by atoms with Gasteiger partial charge in [0.25, 0.3) is 0 Å². The fourth-order valence-corrected chi connectivity index (χ4v) is 12.4. The molecule has 1 N–H and O–H groups in total. The minimum atomic E-state index is -0.631. The van der Waals surface area contributed by atoms with Crippen molar-refractivity contribution in [3.05, 3.63) is 0 Å². The van der Waals surface area contributed by atoms with Crippen molar-refractivity contribution in [2.45, 2.75) is 132 Å². The van der Waals surface area contributed by atoms with Gasteiger partial charge >= 0.3 is 5.97 Å². The fraction of sp³-hybridized carbons (Fsp3) is 0.969. The predicted octanol–water partition coefficient (Wildman–Crippen LogP) is 7.79. The van der Waals surface area contributed by atoms with Crippen LogP contribution < -0.4 is 0 Å². The highest BCUT2D eigenvalue weighted by Gasteiger charge is 2.73. The molecule has 10 atom stereocenters. The minimum Gasteiger partial charge on any atom is -0.466 e. The van der Waals surface area contributed by atoms with Crippen molar-refractivity contribution in [3.8, 4) is 0 Å². The molecule has 0 aromatic carbocycles. The van der Waals surface area contributed by atoms with E-state index in [-0.39, 0.29) is 23.2 Å². The highest BCUT2D eigenvalue weighted by Crippen LogP contribution is 2.78. The van der Waals surface area contributed by atoms with Gasteiger partial charge in [-0.25, -0.2) is 0 Å². The molecule has 0 spiro atoms. The van der Waals surface area contributed by atoms with Gasteiger partial charge in [0.2, 0.25) is 0 Å². The Hall–Kier alpha value is -0.570. The van der Waals surface area contributed by atoms with Crippen LogP contribution in [-0.4, -0.2) is 23.3 Å². The van der Waals surface area contributed by atoms with Gasteiger partial charge in [0, 0.05) is 6.92 Å². The highest BCUT2D eigenvalue weighted by atomic mass is 16.5. The van der Waals surface area contributed by atoms with Gasteiger partial charge in [0.15, 0.2) is 0 Å². The summed E-state index contributed by atoms with van der Waals surface area (Å²) in [5.74, 6) is 2.48. The van der Waals surface area contributed by atoms with Crippen molar-refractivity contribution in [2.75, 3.05) is 6.61 Å². The smallest absolute Gasteiger partial charge is 0.302 e. The van der Waals surface area contributed by atoms with Crippen molar-refractivity contribution in [1.82, 2.24) is 0 Å². The van der Waals surface area contributed by atoms with Crippen LogP contribution in [0.5, 0.6) is 0 Å². The van der Waals surface area contributed by atoms with Gasteiger partial charge in [-0.3, -0.25) is 4.79 Å². The summed E-state index contributed by atoms with van der Waals surface area (Å²) in [5.41, 5.74) is 0.928. The fourth-order valence-electron chi connectivity index (χ4n) is 12.4. The second-order valence-electron chi connectivity index (χ2n) is 15.7. The summed E-state index contributed by atoms with van der Waals surface area (Å²) < 4.78 is 5.42. The summed E-state index contributed by atoms with van der Waals surface area (Å²) in [7, 11) is 0. The third kappa shape index (κ3) is 3.27. The molecule has 0 aliphatic heterocycles. The zero-order valence-corrected chi connectivity index (χ0v) is 24.1. The quantitative estimate of drug-likeness (QED) is 0.414. The molecule has 0 aromatic rings. The molecule has 5 aliphatic carbocycles. The average Bonchev–Trinajstić information content (AvgIpc) is 3.03. The van der Waals surface area contributed by atoms with Gasteiger partial charge in [0.05, 0.1) is 12.2 Å². The van der Waals surface area contributed by atoms with E-state index in [1.165, 1.54) is 51.9 Å². The molecule has 0 bridgehead atoms. The molecule has 3 heteroatoms. The van der Waals surface area contributed by atoms with Crippen molar-refractivity contribution in [1.29, 1.82) is 0 Å². The maximum absolute atomic E-state index is 12.5. The van der Waals surface area contributed by atoms with Crippen LogP contribution in [0.15, 0.2) is 0 Å². The highest BCUT2D eigenvalue weighted by molar-refractivity contribution is 5.65. The molecule has 3 nitrogen and oxygen atoms in total. The number of carbonyl (C=O) groups excluding carboxylic acids is 1. The molecular formula is C32H54O3. The monoisotopic (exact) mass is 486 g/mol. The molecule has 200 valence electrons. The maximum Gasteiger partial charge on any atom is 0.302 e. The summed E-state index contributed by atoms with van der Waals surface area (Å²) >= 11 is 0. The Balaban J connectivity index is 1.47. The largest absolute Gasteiger partial charge is 0.466 e. The van der Waals surface area contributed by atoms with E-state index in [0.29, 0.717) is 34.2 Å². The number of esters is 1. The summed E-state index contributed by atoms with van der Waals surface area (Å²) in [4.78, 5) is 11.5. The molecule has 5 saturated carbocycles. The lowest BCUT2D eigenvalue weighted by Crippen LogP contribution is -2.69. The van der Waals surface area contributed by atoms with E-state index in [0.717, 1.165) is 37.5 Å². The molecule has 5 aliphatic rings. The van der Waals surface area contributed by atoms with E-state index in [1.54, 1.807) is 0 Å². The van der Waals surface area contributed by atoms with Crippen LogP contribution in [0, 0.1) is 56.7 Å². The zero-order valence-electron chi connectivity index (χ0n) is 24.1. The lowest BCUT2D eigenvalue weighted by molar-refractivity contribution is -0.271. The van der Waals surface area contributed by atoms with Gasteiger partial charge in [0.1, 0.15) is 0 Å². The van der Waals surface area contributed by atoms with E-state index >= 15 is 0 Å². The van der Waals surface area contributed by atoms with E-state index in [2.05, 4.69) is 48.5 Å². The molecule has 0 amide bonds. The molecule has 5 fully saturated rings. The van der Waals surface area contributed by atoms with Crippen molar-refractivity contribution >= 4 is 5.97 Å². The first-order valence-electron chi connectivity index (χ1n) is 15.0. The van der Waals surface area contributed by atoms with Gasteiger partial charge < -0.3 is 9.84 Å². The molecule has 0 heterocycles. The molecule has 0 saturated heterocycles. The first-order chi connectivity index (χ1) is 16.2. The van der Waals surface area contributed by atoms with Gasteiger partial charge in [-0.2, -0.15) is 0 Å². The molecule has 1 unspecified atom stereocenters. The van der Waals surface area contributed by atoms with Crippen LogP contribution >= 0.6 is 0 Å². The van der Waals surface area contributed by atoms with Crippen molar-refractivity contribution in [2.24, 2.45) is 56.7 Å². The standard InChI is InChI=1S/C32H54O3/c1-21(20-35-22(2)33)23-12-16-31(8)26-11-10-25-28(5)15-9-14-27(3,4)24(28)13-17-29(25,6)30(26,7)18-19-32(23,31)34/h21,23-26,34H,9-20H2,1-8H3/t21-,23+,24?,25+,26+,28-,29+,30+,31+,32-/m0/s1. The zero-order chi connectivity index (χ0) is 25.7. The molecular weight excluding hydrogens is 432 g/mol. The topological polar surface area (TPSA) is 46.5 Å². The van der Waals surface area contributed by atoms with E-state index in [4.69, 9.17) is 4.74 Å². The minimum absolute atomic E-state index is 0.0350.